The van der Waals surface area contributed by atoms with Gasteiger partial charge < -0.3 is 14.4 Å². The molecule has 8 nitrogen and oxygen atoms in total. The molecule has 34 heavy (non-hydrogen) atoms. The molecular formula is C24H28FN5O3S. The van der Waals surface area contributed by atoms with E-state index in [-0.39, 0.29) is 18.0 Å². The summed E-state index contributed by atoms with van der Waals surface area (Å²) < 4.78 is 27.4. The number of thioether (sulfide) groups is 1. The van der Waals surface area contributed by atoms with Crippen LogP contribution >= 0.6 is 11.8 Å². The molecule has 3 heterocycles. The van der Waals surface area contributed by atoms with Crippen LogP contribution in [0.3, 0.4) is 0 Å². The van der Waals surface area contributed by atoms with Gasteiger partial charge in [-0.05, 0) is 39.2 Å². The Labute approximate surface area is 202 Å². The molecule has 3 aromatic rings. The van der Waals surface area contributed by atoms with Crippen LogP contribution in [-0.2, 0) is 4.74 Å². The minimum atomic E-state index is -0.513. The normalized spacial score (nSPS) is 14.8. The molecule has 0 atom stereocenters. The summed E-state index contributed by atoms with van der Waals surface area (Å²) in [4.78, 5) is 27.5. The van der Waals surface area contributed by atoms with Crippen molar-refractivity contribution in [1.29, 1.82) is 0 Å². The highest BCUT2D eigenvalue weighted by Gasteiger charge is 2.28. The van der Waals surface area contributed by atoms with E-state index in [4.69, 9.17) is 9.47 Å². The van der Waals surface area contributed by atoms with Crippen LogP contribution in [0.1, 0.15) is 33.6 Å². The zero-order chi connectivity index (χ0) is 24.3. The van der Waals surface area contributed by atoms with Gasteiger partial charge in [0.2, 0.25) is 5.88 Å². The fourth-order valence-corrected chi connectivity index (χ4v) is 4.07. The maximum Gasteiger partial charge on any atom is 0.410 e. The van der Waals surface area contributed by atoms with Gasteiger partial charge >= 0.3 is 6.09 Å². The molecule has 0 bridgehead atoms. The van der Waals surface area contributed by atoms with E-state index in [1.54, 1.807) is 34.1 Å². The second-order valence-corrected chi connectivity index (χ2v) is 9.86. The molecular weight excluding hydrogens is 457 g/mol. The van der Waals surface area contributed by atoms with Gasteiger partial charge in [0.05, 0.1) is 5.69 Å². The van der Waals surface area contributed by atoms with Crippen molar-refractivity contribution in [3.05, 3.63) is 48.9 Å². The lowest BCUT2D eigenvalue weighted by atomic mass is 10.1. The lowest BCUT2D eigenvalue weighted by Gasteiger charge is -2.33. The maximum atomic E-state index is 14.2. The van der Waals surface area contributed by atoms with Crippen LogP contribution in [0, 0.1) is 5.82 Å². The number of carbonyl (C=O) groups excluding carboxylic acids is 1. The van der Waals surface area contributed by atoms with E-state index >= 15 is 0 Å². The van der Waals surface area contributed by atoms with Crippen LogP contribution in [0.4, 0.5) is 9.18 Å². The lowest BCUT2D eigenvalue weighted by Crippen LogP contribution is -2.44. The zero-order valence-corrected chi connectivity index (χ0v) is 20.5. The highest BCUT2D eigenvalue weighted by Crippen LogP contribution is 2.26. The summed E-state index contributed by atoms with van der Waals surface area (Å²) in [6.45, 7) is 6.70. The average Bonchev–Trinajstić information content (AvgIpc) is 3.29. The van der Waals surface area contributed by atoms with E-state index in [2.05, 4.69) is 15.0 Å². The first-order chi connectivity index (χ1) is 16.2. The summed E-state index contributed by atoms with van der Waals surface area (Å²) >= 11 is 1.36. The third-order valence-corrected chi connectivity index (χ3v) is 6.07. The molecule has 180 valence electrons. The topological polar surface area (TPSA) is 82.4 Å². The van der Waals surface area contributed by atoms with Crippen molar-refractivity contribution in [2.45, 2.75) is 50.2 Å². The molecule has 1 aliphatic heterocycles. The predicted octanol–water partition coefficient (Wildman–Crippen LogP) is 4.97. The maximum absolute atomic E-state index is 14.2. The van der Waals surface area contributed by atoms with E-state index in [1.165, 1.54) is 24.2 Å². The van der Waals surface area contributed by atoms with Gasteiger partial charge in [-0.15, -0.1) is 11.8 Å². The molecule has 2 aromatic heterocycles. The average molecular weight is 486 g/mol. The predicted molar refractivity (Wildman–Crippen MR) is 128 cm³/mol. The van der Waals surface area contributed by atoms with Gasteiger partial charge in [-0.1, -0.05) is 6.07 Å². The van der Waals surface area contributed by atoms with Gasteiger partial charge in [-0.2, -0.15) is 0 Å². The summed E-state index contributed by atoms with van der Waals surface area (Å²) in [5.41, 5.74) is 0.819. The number of imidazole rings is 1. The third kappa shape index (κ3) is 5.85. The number of benzene rings is 1. The number of piperidine rings is 1. The number of halogens is 1. The third-order valence-electron chi connectivity index (χ3n) is 5.30. The first-order valence-electron chi connectivity index (χ1n) is 11.1. The molecule has 10 heteroatoms. The minimum absolute atomic E-state index is 0.0577. The number of ether oxygens (including phenoxy) is 2. The van der Waals surface area contributed by atoms with Gasteiger partial charge in [0.15, 0.2) is 0 Å². The molecule has 1 fully saturated rings. The molecule has 0 saturated carbocycles. The molecule has 0 unspecified atom stereocenters. The standard InChI is InChI=1S/C24H28FN5O3S/c1-24(2,3)33-23(31)29-9-7-17(8-10-29)32-22-12-21(26-14-27-22)30-13-19(28-15-30)16-5-6-20(34-4)18(25)11-16/h5-6,11-15,17H,7-10H2,1-4H3. The van der Waals surface area contributed by atoms with Crippen molar-refractivity contribution in [2.75, 3.05) is 19.3 Å². The largest absolute Gasteiger partial charge is 0.474 e. The zero-order valence-electron chi connectivity index (χ0n) is 19.7. The number of nitrogens with zero attached hydrogens (tertiary/aromatic N) is 5. The molecule has 0 aliphatic carbocycles. The van der Waals surface area contributed by atoms with Crippen molar-refractivity contribution in [3.63, 3.8) is 0 Å². The summed E-state index contributed by atoms with van der Waals surface area (Å²) in [5, 5.41) is 0. The van der Waals surface area contributed by atoms with E-state index in [0.717, 1.165) is 0 Å². The Balaban J connectivity index is 1.39. The van der Waals surface area contributed by atoms with Crippen molar-refractivity contribution >= 4 is 17.9 Å². The van der Waals surface area contributed by atoms with Crippen LogP contribution in [0.5, 0.6) is 5.88 Å². The first kappa shape index (κ1) is 24.0. The van der Waals surface area contributed by atoms with Crippen LogP contribution < -0.4 is 4.74 Å². The van der Waals surface area contributed by atoms with Crippen molar-refractivity contribution < 1.29 is 18.7 Å². The van der Waals surface area contributed by atoms with Crippen molar-refractivity contribution in [1.82, 2.24) is 24.4 Å². The fraction of sp³-hybridized carbons (Fsp3) is 0.417. The van der Waals surface area contributed by atoms with E-state index < -0.39 is 5.60 Å². The van der Waals surface area contributed by atoms with E-state index in [0.29, 0.717) is 53.8 Å². The number of carbonyl (C=O) groups is 1. The van der Waals surface area contributed by atoms with E-state index in [1.807, 2.05) is 33.1 Å². The second-order valence-electron chi connectivity index (χ2n) is 9.01. The number of likely N-dealkylation sites (tertiary alicyclic amines) is 1. The summed E-state index contributed by atoms with van der Waals surface area (Å²) in [6, 6.07) is 6.82. The number of amides is 1. The van der Waals surface area contributed by atoms with E-state index in [9.17, 15) is 9.18 Å². The Hall–Kier alpha value is -3.14. The Bertz CT molecular complexity index is 1160. The summed E-state index contributed by atoms with van der Waals surface area (Å²) in [7, 11) is 0. The fourth-order valence-electron chi connectivity index (χ4n) is 3.61. The van der Waals surface area contributed by atoms with Crippen LogP contribution in [-0.4, -0.2) is 61.6 Å². The number of rotatable bonds is 5. The van der Waals surface area contributed by atoms with Crippen LogP contribution in [0.2, 0.25) is 0 Å². The van der Waals surface area contributed by atoms with Crippen molar-refractivity contribution in [2.24, 2.45) is 0 Å². The second kappa shape index (κ2) is 10.0. The van der Waals surface area contributed by atoms with Crippen LogP contribution in [0.15, 0.2) is 48.0 Å². The smallest absolute Gasteiger partial charge is 0.410 e. The molecule has 4 rings (SSSR count). The molecule has 1 saturated heterocycles. The summed E-state index contributed by atoms with van der Waals surface area (Å²) in [6.07, 6.45) is 7.71. The van der Waals surface area contributed by atoms with Gasteiger partial charge in [0.1, 0.15) is 36.0 Å². The number of hydrogen-bond acceptors (Lipinski definition) is 7. The van der Waals surface area contributed by atoms with Crippen molar-refractivity contribution in [3.8, 4) is 23.0 Å². The van der Waals surface area contributed by atoms with Crippen LogP contribution in [0.25, 0.3) is 17.1 Å². The summed E-state index contributed by atoms with van der Waals surface area (Å²) in [5.74, 6) is 0.775. The highest BCUT2D eigenvalue weighted by molar-refractivity contribution is 7.98. The Morgan fingerprint density at radius 3 is 2.59 bits per heavy atom. The molecule has 1 aromatic carbocycles. The van der Waals surface area contributed by atoms with Gasteiger partial charge in [0, 0.05) is 48.7 Å². The van der Waals surface area contributed by atoms with Gasteiger partial charge in [-0.25, -0.2) is 24.1 Å². The molecule has 0 N–H and O–H groups in total. The molecule has 1 aliphatic rings. The Morgan fingerprint density at radius 2 is 1.91 bits per heavy atom. The molecule has 0 spiro atoms. The first-order valence-corrected chi connectivity index (χ1v) is 12.3. The minimum Gasteiger partial charge on any atom is -0.474 e. The Kier molecular flexibility index (Phi) is 7.06. The Morgan fingerprint density at radius 1 is 1.15 bits per heavy atom. The number of hydrogen-bond donors (Lipinski definition) is 0. The quantitative estimate of drug-likeness (QED) is 0.472. The monoisotopic (exact) mass is 485 g/mol. The molecule has 1 amide bonds. The van der Waals surface area contributed by atoms with Gasteiger partial charge in [-0.3, -0.25) is 4.57 Å². The lowest BCUT2D eigenvalue weighted by molar-refractivity contribution is 0.0123. The highest BCUT2D eigenvalue weighted by atomic mass is 32.2. The van der Waals surface area contributed by atoms with Gasteiger partial charge in [0.25, 0.3) is 0 Å². The number of aromatic nitrogens is 4. The SMILES string of the molecule is CSc1ccc(-c2cn(-c3cc(OC4CCN(C(=O)OC(C)(C)C)CC4)ncn3)cn2)cc1F. The molecule has 0 radical (unpaired) electrons.